The summed E-state index contributed by atoms with van der Waals surface area (Å²) in [7, 11) is 0. The van der Waals surface area contributed by atoms with Crippen LogP contribution < -0.4 is 0 Å². The molecular formula is C17H21N3O3. The number of hydrogen-bond acceptors (Lipinski definition) is 5. The summed E-state index contributed by atoms with van der Waals surface area (Å²) in [6.07, 6.45) is 3.26. The SMILES string of the molecule is Cc1cc(C(=O)N2C[C@@H]3CCC[C@]3(c3nnc(C)o3)C2)c(C)o1. The van der Waals surface area contributed by atoms with Crippen LogP contribution in [0.3, 0.4) is 0 Å². The lowest BCUT2D eigenvalue weighted by molar-refractivity contribution is 0.0774. The van der Waals surface area contributed by atoms with E-state index in [1.54, 1.807) is 0 Å². The van der Waals surface area contributed by atoms with E-state index in [1.165, 1.54) is 0 Å². The van der Waals surface area contributed by atoms with Crippen molar-refractivity contribution in [1.82, 2.24) is 15.1 Å². The first-order valence-electron chi connectivity index (χ1n) is 8.16. The summed E-state index contributed by atoms with van der Waals surface area (Å²) in [5, 5.41) is 8.27. The lowest BCUT2D eigenvalue weighted by atomic mass is 9.80. The number of likely N-dealkylation sites (tertiary alicyclic amines) is 1. The molecule has 0 unspecified atom stereocenters. The van der Waals surface area contributed by atoms with Crippen molar-refractivity contribution < 1.29 is 13.6 Å². The van der Waals surface area contributed by atoms with Crippen LogP contribution in [0.25, 0.3) is 0 Å². The second-order valence-electron chi connectivity index (χ2n) is 6.88. The molecule has 0 radical (unpaired) electrons. The number of furan rings is 1. The van der Waals surface area contributed by atoms with Crippen LogP contribution in [-0.2, 0) is 5.41 Å². The molecule has 4 rings (SSSR count). The Morgan fingerprint density at radius 2 is 2.13 bits per heavy atom. The number of nitrogens with zero attached hydrogens (tertiary/aromatic N) is 3. The number of aromatic nitrogens is 2. The Balaban J connectivity index is 1.64. The van der Waals surface area contributed by atoms with Crippen LogP contribution in [0, 0.1) is 26.7 Å². The number of carbonyl (C=O) groups excluding carboxylic acids is 1. The number of aryl methyl sites for hydroxylation is 3. The molecule has 1 aliphatic carbocycles. The molecule has 2 aromatic heterocycles. The molecule has 1 amide bonds. The van der Waals surface area contributed by atoms with Gasteiger partial charge in [0.25, 0.3) is 5.91 Å². The average molecular weight is 315 g/mol. The van der Waals surface area contributed by atoms with E-state index in [2.05, 4.69) is 10.2 Å². The fourth-order valence-electron chi connectivity index (χ4n) is 4.30. The average Bonchev–Trinajstić information content (AvgIpc) is 3.20. The van der Waals surface area contributed by atoms with Crippen molar-refractivity contribution in [2.75, 3.05) is 13.1 Å². The van der Waals surface area contributed by atoms with Gasteiger partial charge in [-0.25, -0.2) is 0 Å². The van der Waals surface area contributed by atoms with E-state index >= 15 is 0 Å². The highest BCUT2D eigenvalue weighted by Gasteiger charge is 2.55. The molecule has 2 aliphatic rings. The molecule has 0 bridgehead atoms. The normalized spacial score (nSPS) is 26.7. The summed E-state index contributed by atoms with van der Waals surface area (Å²) in [6.45, 7) is 6.93. The van der Waals surface area contributed by atoms with Gasteiger partial charge in [0, 0.05) is 20.0 Å². The summed E-state index contributed by atoms with van der Waals surface area (Å²) in [5.41, 5.74) is 0.503. The predicted molar refractivity (Wildman–Crippen MR) is 82.1 cm³/mol. The highest BCUT2D eigenvalue weighted by Crippen LogP contribution is 2.50. The van der Waals surface area contributed by atoms with Crippen molar-refractivity contribution in [1.29, 1.82) is 0 Å². The highest BCUT2D eigenvalue weighted by molar-refractivity contribution is 5.95. The summed E-state index contributed by atoms with van der Waals surface area (Å²) >= 11 is 0. The van der Waals surface area contributed by atoms with Gasteiger partial charge in [-0.05, 0) is 38.7 Å². The maximum Gasteiger partial charge on any atom is 0.257 e. The predicted octanol–water partition coefficient (Wildman–Crippen LogP) is 2.78. The smallest absolute Gasteiger partial charge is 0.257 e. The second-order valence-corrected chi connectivity index (χ2v) is 6.88. The minimum absolute atomic E-state index is 0.0457. The molecule has 6 nitrogen and oxygen atoms in total. The minimum atomic E-state index is -0.163. The van der Waals surface area contributed by atoms with Crippen LogP contribution >= 0.6 is 0 Å². The molecule has 0 spiro atoms. The molecule has 2 fully saturated rings. The Hall–Kier alpha value is -2.11. The lowest BCUT2D eigenvalue weighted by Crippen LogP contribution is -2.35. The van der Waals surface area contributed by atoms with E-state index in [1.807, 2.05) is 31.7 Å². The lowest BCUT2D eigenvalue weighted by Gasteiger charge is -2.24. The van der Waals surface area contributed by atoms with Gasteiger partial charge in [0.2, 0.25) is 11.8 Å². The molecular weight excluding hydrogens is 294 g/mol. The van der Waals surface area contributed by atoms with E-state index in [4.69, 9.17) is 8.83 Å². The standard InChI is InChI=1S/C17H21N3O3/c1-10-7-14(11(2)22-10)15(21)20-8-13-5-4-6-17(13,9-20)16-19-18-12(3)23-16/h7,13H,4-6,8-9H2,1-3H3/t13-,17-/m0/s1. The molecule has 2 aromatic rings. The van der Waals surface area contributed by atoms with Crippen LogP contribution in [0.5, 0.6) is 0 Å². The van der Waals surface area contributed by atoms with E-state index in [0.29, 0.717) is 35.6 Å². The zero-order valence-electron chi connectivity index (χ0n) is 13.8. The third kappa shape index (κ3) is 2.11. The molecule has 0 N–H and O–H groups in total. The first kappa shape index (κ1) is 14.5. The zero-order chi connectivity index (χ0) is 16.2. The van der Waals surface area contributed by atoms with E-state index in [9.17, 15) is 4.79 Å². The fraction of sp³-hybridized carbons (Fsp3) is 0.588. The van der Waals surface area contributed by atoms with E-state index < -0.39 is 0 Å². The molecule has 6 heteroatoms. The van der Waals surface area contributed by atoms with Gasteiger partial charge < -0.3 is 13.7 Å². The van der Waals surface area contributed by atoms with Crippen LogP contribution in [0.4, 0.5) is 0 Å². The van der Waals surface area contributed by atoms with Crippen molar-refractivity contribution >= 4 is 5.91 Å². The Labute approximate surface area is 134 Å². The summed E-state index contributed by atoms with van der Waals surface area (Å²) in [5.74, 6) is 3.20. The van der Waals surface area contributed by atoms with Gasteiger partial charge in [-0.15, -0.1) is 10.2 Å². The molecule has 122 valence electrons. The number of carbonyl (C=O) groups is 1. The molecule has 0 aromatic carbocycles. The summed E-state index contributed by atoms with van der Waals surface area (Å²) in [4.78, 5) is 14.8. The second kappa shape index (κ2) is 4.94. The molecule has 1 saturated carbocycles. The monoisotopic (exact) mass is 315 g/mol. The van der Waals surface area contributed by atoms with Crippen LogP contribution in [0.2, 0.25) is 0 Å². The topological polar surface area (TPSA) is 72.4 Å². The van der Waals surface area contributed by atoms with Crippen molar-refractivity contribution in [2.45, 2.75) is 45.4 Å². The molecule has 23 heavy (non-hydrogen) atoms. The zero-order valence-corrected chi connectivity index (χ0v) is 13.8. The fourth-order valence-corrected chi connectivity index (χ4v) is 4.30. The third-order valence-electron chi connectivity index (χ3n) is 5.38. The van der Waals surface area contributed by atoms with Crippen LogP contribution in [-0.4, -0.2) is 34.1 Å². The largest absolute Gasteiger partial charge is 0.466 e. The van der Waals surface area contributed by atoms with Gasteiger partial charge in [-0.1, -0.05) is 6.42 Å². The minimum Gasteiger partial charge on any atom is -0.466 e. The Morgan fingerprint density at radius 3 is 2.78 bits per heavy atom. The van der Waals surface area contributed by atoms with Gasteiger partial charge >= 0.3 is 0 Å². The van der Waals surface area contributed by atoms with Gasteiger partial charge in [0.15, 0.2) is 0 Å². The Kier molecular flexibility index (Phi) is 3.11. The first-order chi connectivity index (χ1) is 11.0. The Morgan fingerprint density at radius 1 is 1.30 bits per heavy atom. The summed E-state index contributed by atoms with van der Waals surface area (Å²) in [6, 6.07) is 1.83. The third-order valence-corrected chi connectivity index (χ3v) is 5.38. The van der Waals surface area contributed by atoms with Gasteiger partial charge in [-0.2, -0.15) is 0 Å². The Bertz CT molecular complexity index is 763. The van der Waals surface area contributed by atoms with E-state index in [0.717, 1.165) is 31.6 Å². The maximum absolute atomic E-state index is 12.9. The van der Waals surface area contributed by atoms with Crippen molar-refractivity contribution in [3.63, 3.8) is 0 Å². The number of fused-ring (bicyclic) bond motifs is 1. The molecule has 2 atom stereocenters. The highest BCUT2D eigenvalue weighted by atomic mass is 16.4. The van der Waals surface area contributed by atoms with E-state index in [-0.39, 0.29) is 11.3 Å². The summed E-state index contributed by atoms with van der Waals surface area (Å²) < 4.78 is 11.3. The van der Waals surface area contributed by atoms with Crippen molar-refractivity contribution in [3.05, 3.63) is 34.9 Å². The molecule has 3 heterocycles. The number of hydrogen-bond donors (Lipinski definition) is 0. The van der Waals surface area contributed by atoms with Crippen molar-refractivity contribution in [2.24, 2.45) is 5.92 Å². The first-order valence-corrected chi connectivity index (χ1v) is 8.16. The van der Waals surface area contributed by atoms with Gasteiger partial charge in [0.05, 0.1) is 11.0 Å². The van der Waals surface area contributed by atoms with Crippen LogP contribution in [0.15, 0.2) is 14.9 Å². The van der Waals surface area contributed by atoms with Gasteiger partial charge in [-0.3, -0.25) is 4.79 Å². The molecule has 1 saturated heterocycles. The van der Waals surface area contributed by atoms with Gasteiger partial charge in [0.1, 0.15) is 11.5 Å². The van der Waals surface area contributed by atoms with Crippen molar-refractivity contribution in [3.8, 4) is 0 Å². The number of amides is 1. The molecule has 1 aliphatic heterocycles. The number of rotatable bonds is 2. The van der Waals surface area contributed by atoms with Crippen LogP contribution in [0.1, 0.15) is 52.9 Å². The quantitative estimate of drug-likeness (QED) is 0.852. The maximum atomic E-state index is 12.9.